The fraction of sp³-hybridized carbons (Fsp3) is 0.235. The summed E-state index contributed by atoms with van der Waals surface area (Å²) in [5.74, 6) is 0.371. The second-order valence-corrected chi connectivity index (χ2v) is 5.01. The van der Waals surface area contributed by atoms with Crippen LogP contribution in [0.3, 0.4) is 0 Å². The zero-order chi connectivity index (χ0) is 15.1. The quantitative estimate of drug-likeness (QED) is 0.744. The van der Waals surface area contributed by atoms with Crippen molar-refractivity contribution < 1.29 is 14.3 Å². The van der Waals surface area contributed by atoms with Gasteiger partial charge in [0, 0.05) is 5.02 Å². The van der Waals surface area contributed by atoms with Crippen LogP contribution in [0, 0.1) is 0 Å². The largest absolute Gasteiger partial charge is 0.490 e. The minimum absolute atomic E-state index is 0.295. The summed E-state index contributed by atoms with van der Waals surface area (Å²) >= 11 is 5.87. The van der Waals surface area contributed by atoms with Gasteiger partial charge in [0.15, 0.2) is 0 Å². The maximum atomic E-state index is 12.0. The van der Waals surface area contributed by atoms with E-state index in [0.29, 0.717) is 23.6 Å². The van der Waals surface area contributed by atoms with E-state index in [9.17, 15) is 4.79 Å². The Balaban J connectivity index is 1.91. The first kappa shape index (κ1) is 15.4. The third-order valence-corrected chi connectivity index (χ3v) is 3.20. The first-order chi connectivity index (χ1) is 10.2. The summed E-state index contributed by atoms with van der Waals surface area (Å²) in [4.78, 5) is 12.0. The van der Waals surface area contributed by atoms with Gasteiger partial charge in [-0.2, -0.15) is 0 Å². The van der Waals surface area contributed by atoms with Crippen molar-refractivity contribution >= 4 is 17.6 Å². The van der Waals surface area contributed by atoms with Crippen LogP contribution in [0.5, 0.6) is 5.75 Å². The molecule has 4 heteroatoms. The number of rotatable bonds is 6. The molecule has 0 spiro atoms. The lowest BCUT2D eigenvalue weighted by molar-refractivity contribution is 0.0165. The van der Waals surface area contributed by atoms with Crippen molar-refractivity contribution in [3.8, 4) is 5.75 Å². The molecule has 2 aromatic carbocycles. The van der Waals surface area contributed by atoms with Crippen LogP contribution in [0.1, 0.15) is 23.7 Å². The number of hydrogen-bond donors (Lipinski definition) is 0. The summed E-state index contributed by atoms with van der Waals surface area (Å²) in [6, 6.07) is 16.2. The zero-order valence-electron chi connectivity index (χ0n) is 11.8. The summed E-state index contributed by atoms with van der Waals surface area (Å²) in [6.45, 7) is 2.27. The van der Waals surface area contributed by atoms with Crippen molar-refractivity contribution in [3.63, 3.8) is 0 Å². The van der Waals surface area contributed by atoms with E-state index in [2.05, 4.69) is 0 Å². The highest BCUT2D eigenvalue weighted by molar-refractivity contribution is 6.30. The molecule has 2 aromatic rings. The topological polar surface area (TPSA) is 35.5 Å². The average Bonchev–Trinajstić information content (AvgIpc) is 2.52. The van der Waals surface area contributed by atoms with Gasteiger partial charge in [-0.25, -0.2) is 4.79 Å². The summed E-state index contributed by atoms with van der Waals surface area (Å²) in [7, 11) is 0. The monoisotopic (exact) mass is 304 g/mol. The number of para-hydroxylation sites is 1. The molecular weight excluding hydrogens is 288 g/mol. The van der Waals surface area contributed by atoms with Gasteiger partial charge in [-0.05, 0) is 36.8 Å². The molecule has 0 amide bonds. The molecule has 0 saturated heterocycles. The van der Waals surface area contributed by atoms with Gasteiger partial charge >= 0.3 is 5.97 Å². The standard InChI is InChI=1S/C17H17ClO3/c1-2-15(12-20-16-9-4-3-5-10-16)21-17(19)13-7-6-8-14(18)11-13/h3-11,15H,2,12H2,1H3. The van der Waals surface area contributed by atoms with Crippen molar-refractivity contribution in [3.05, 3.63) is 65.2 Å². The van der Waals surface area contributed by atoms with Gasteiger partial charge in [-0.3, -0.25) is 0 Å². The van der Waals surface area contributed by atoms with E-state index in [1.165, 1.54) is 0 Å². The molecule has 0 radical (unpaired) electrons. The molecule has 0 aromatic heterocycles. The van der Waals surface area contributed by atoms with Crippen molar-refractivity contribution in [1.29, 1.82) is 0 Å². The lowest BCUT2D eigenvalue weighted by Crippen LogP contribution is -2.24. The van der Waals surface area contributed by atoms with Crippen LogP contribution in [-0.2, 0) is 4.74 Å². The number of carbonyl (C=O) groups excluding carboxylic acids is 1. The normalized spacial score (nSPS) is 11.7. The molecule has 1 unspecified atom stereocenters. The lowest BCUT2D eigenvalue weighted by Gasteiger charge is -2.17. The maximum Gasteiger partial charge on any atom is 0.338 e. The molecule has 0 fully saturated rings. The summed E-state index contributed by atoms with van der Waals surface area (Å²) in [5.41, 5.74) is 0.445. The van der Waals surface area contributed by atoms with Crippen LogP contribution >= 0.6 is 11.6 Å². The highest BCUT2D eigenvalue weighted by atomic mass is 35.5. The fourth-order valence-corrected chi connectivity index (χ4v) is 1.97. The van der Waals surface area contributed by atoms with Crippen LogP contribution in [0.25, 0.3) is 0 Å². The Labute approximate surface area is 129 Å². The van der Waals surface area contributed by atoms with E-state index in [1.54, 1.807) is 24.3 Å². The van der Waals surface area contributed by atoms with Crippen LogP contribution in [-0.4, -0.2) is 18.7 Å². The van der Waals surface area contributed by atoms with Crippen molar-refractivity contribution in [2.75, 3.05) is 6.61 Å². The van der Waals surface area contributed by atoms with Crippen LogP contribution in [0.4, 0.5) is 0 Å². The SMILES string of the molecule is CCC(COc1ccccc1)OC(=O)c1cccc(Cl)c1. The molecule has 21 heavy (non-hydrogen) atoms. The van der Waals surface area contributed by atoms with Gasteiger partial charge in [0.1, 0.15) is 18.5 Å². The zero-order valence-corrected chi connectivity index (χ0v) is 12.5. The first-order valence-corrected chi connectivity index (χ1v) is 7.21. The number of carbonyl (C=O) groups is 1. The average molecular weight is 305 g/mol. The number of ether oxygens (including phenoxy) is 2. The molecule has 0 bridgehead atoms. The minimum atomic E-state index is -0.388. The third-order valence-electron chi connectivity index (χ3n) is 2.97. The summed E-state index contributed by atoms with van der Waals surface area (Å²) < 4.78 is 11.1. The van der Waals surface area contributed by atoms with Crippen molar-refractivity contribution in [2.45, 2.75) is 19.4 Å². The van der Waals surface area contributed by atoms with Crippen molar-refractivity contribution in [1.82, 2.24) is 0 Å². The van der Waals surface area contributed by atoms with E-state index < -0.39 is 0 Å². The van der Waals surface area contributed by atoms with Gasteiger partial charge in [0.05, 0.1) is 5.56 Å². The van der Waals surface area contributed by atoms with E-state index in [4.69, 9.17) is 21.1 Å². The Morgan fingerprint density at radius 3 is 2.57 bits per heavy atom. The highest BCUT2D eigenvalue weighted by Crippen LogP contribution is 2.14. The molecule has 3 nitrogen and oxygen atoms in total. The van der Waals surface area contributed by atoms with Crippen LogP contribution in [0.15, 0.2) is 54.6 Å². The first-order valence-electron chi connectivity index (χ1n) is 6.83. The summed E-state index contributed by atoms with van der Waals surface area (Å²) in [5, 5.41) is 0.512. The smallest absolute Gasteiger partial charge is 0.338 e. The molecule has 0 N–H and O–H groups in total. The number of esters is 1. The van der Waals surface area contributed by atoms with E-state index >= 15 is 0 Å². The Kier molecular flexibility index (Phi) is 5.64. The lowest BCUT2D eigenvalue weighted by atomic mass is 10.2. The van der Waals surface area contributed by atoms with Gasteiger partial charge in [0.2, 0.25) is 0 Å². The molecule has 0 aliphatic heterocycles. The van der Waals surface area contributed by atoms with Gasteiger partial charge < -0.3 is 9.47 Å². The van der Waals surface area contributed by atoms with Gasteiger partial charge in [-0.15, -0.1) is 0 Å². The fourth-order valence-electron chi connectivity index (χ4n) is 1.78. The molecule has 110 valence electrons. The number of halogens is 1. The predicted molar refractivity (Wildman–Crippen MR) is 82.9 cm³/mol. The van der Waals surface area contributed by atoms with Crippen molar-refractivity contribution in [2.24, 2.45) is 0 Å². The van der Waals surface area contributed by atoms with Crippen LogP contribution < -0.4 is 4.74 Å². The predicted octanol–water partition coefficient (Wildman–Crippen LogP) is 4.35. The second-order valence-electron chi connectivity index (χ2n) is 4.57. The number of benzene rings is 2. The molecule has 2 rings (SSSR count). The maximum absolute atomic E-state index is 12.0. The van der Waals surface area contributed by atoms with Gasteiger partial charge in [0.25, 0.3) is 0 Å². The van der Waals surface area contributed by atoms with Gasteiger partial charge in [-0.1, -0.05) is 42.8 Å². The Morgan fingerprint density at radius 1 is 1.14 bits per heavy atom. The Morgan fingerprint density at radius 2 is 1.90 bits per heavy atom. The second kappa shape index (κ2) is 7.70. The molecule has 0 aliphatic carbocycles. The van der Waals surface area contributed by atoms with E-state index in [1.807, 2.05) is 37.3 Å². The Hall–Kier alpha value is -2.00. The molecule has 0 aliphatic rings. The minimum Gasteiger partial charge on any atom is -0.490 e. The van der Waals surface area contributed by atoms with E-state index in [-0.39, 0.29) is 12.1 Å². The Bertz CT molecular complexity index is 584. The molecule has 0 heterocycles. The molecule has 1 atom stereocenters. The molecule has 0 saturated carbocycles. The van der Waals surface area contributed by atoms with E-state index in [0.717, 1.165) is 5.75 Å². The number of hydrogen-bond acceptors (Lipinski definition) is 3. The summed E-state index contributed by atoms with van der Waals surface area (Å²) in [6.07, 6.45) is 0.385. The third kappa shape index (κ3) is 4.80. The molecular formula is C17H17ClO3. The highest BCUT2D eigenvalue weighted by Gasteiger charge is 2.15. The van der Waals surface area contributed by atoms with Crippen LogP contribution in [0.2, 0.25) is 5.02 Å².